The first kappa shape index (κ1) is 25.8. The summed E-state index contributed by atoms with van der Waals surface area (Å²) in [5.74, 6) is -1.11. The predicted molar refractivity (Wildman–Crippen MR) is 123 cm³/mol. The minimum Gasteiger partial charge on any atom is -0.486 e. The van der Waals surface area contributed by atoms with Crippen LogP contribution in [-0.2, 0) is 34.4 Å². The van der Waals surface area contributed by atoms with Crippen molar-refractivity contribution in [2.75, 3.05) is 31.7 Å². The number of nitrogens with zero attached hydrogens (tertiary/aromatic N) is 1. The summed E-state index contributed by atoms with van der Waals surface area (Å²) in [6.07, 6.45) is -1.32. The van der Waals surface area contributed by atoms with E-state index in [1.165, 1.54) is 42.5 Å². The molecule has 0 aliphatic carbocycles. The van der Waals surface area contributed by atoms with E-state index in [-0.39, 0.29) is 40.8 Å². The van der Waals surface area contributed by atoms with Gasteiger partial charge in [-0.15, -0.1) is 0 Å². The number of primary sulfonamides is 1. The summed E-state index contributed by atoms with van der Waals surface area (Å²) in [6, 6.07) is 7.68. The zero-order valence-electron chi connectivity index (χ0n) is 18.7. The minimum atomic E-state index is -4.23. The lowest BCUT2D eigenvalue weighted by atomic mass is 10.2. The van der Waals surface area contributed by atoms with Crippen molar-refractivity contribution in [2.45, 2.75) is 28.4 Å². The van der Waals surface area contributed by atoms with E-state index >= 15 is 0 Å². The SMILES string of the molecule is NS(=O)(=O)c1ccc(NC(=O)COC(=O)[C@@H]2CC(O)CN2S(=O)(=O)c2ccc3c(c2)OCCO3)cc1. The van der Waals surface area contributed by atoms with Crippen molar-refractivity contribution >= 4 is 37.6 Å². The highest BCUT2D eigenvalue weighted by molar-refractivity contribution is 7.89. The molecule has 1 fully saturated rings. The van der Waals surface area contributed by atoms with Crippen LogP contribution in [0.3, 0.4) is 0 Å². The van der Waals surface area contributed by atoms with Gasteiger partial charge in [0.05, 0.1) is 15.9 Å². The summed E-state index contributed by atoms with van der Waals surface area (Å²) in [4.78, 5) is 24.6. The standard InChI is InChI=1S/C21H23N3O10S2/c22-35(28,29)15-3-1-13(2-4-15)23-20(26)12-34-21(27)17-9-14(25)11-24(17)36(30,31)16-5-6-18-19(10-16)33-8-7-32-18/h1-6,10,14,17,25H,7-9,11-12H2,(H,23,26)(H2,22,28,29)/t14?,17-/m0/s1. The van der Waals surface area contributed by atoms with Gasteiger partial charge in [-0.25, -0.2) is 22.0 Å². The summed E-state index contributed by atoms with van der Waals surface area (Å²) in [6.45, 7) is -0.481. The molecule has 2 aliphatic rings. The molecule has 1 amide bonds. The summed E-state index contributed by atoms with van der Waals surface area (Å²) in [7, 11) is -8.12. The number of nitrogens with one attached hydrogen (secondary N) is 1. The van der Waals surface area contributed by atoms with Crippen LogP contribution >= 0.6 is 0 Å². The summed E-state index contributed by atoms with van der Waals surface area (Å²) in [5.41, 5.74) is 0.225. The number of sulfonamides is 2. The van der Waals surface area contributed by atoms with E-state index in [1.54, 1.807) is 0 Å². The Hall–Kier alpha value is -3.24. The van der Waals surface area contributed by atoms with Crippen molar-refractivity contribution < 1.29 is 45.7 Å². The second kappa shape index (κ2) is 10.0. The monoisotopic (exact) mass is 541 g/mol. The second-order valence-corrected chi connectivity index (χ2v) is 11.5. The van der Waals surface area contributed by atoms with Gasteiger partial charge in [0.25, 0.3) is 5.91 Å². The molecule has 2 heterocycles. The molecule has 4 N–H and O–H groups in total. The van der Waals surface area contributed by atoms with Crippen molar-refractivity contribution in [2.24, 2.45) is 5.14 Å². The number of aliphatic hydroxyl groups excluding tert-OH is 1. The number of nitrogens with two attached hydrogens (primary N) is 1. The maximum atomic E-state index is 13.2. The summed E-state index contributed by atoms with van der Waals surface area (Å²) < 4.78 is 65.7. The van der Waals surface area contributed by atoms with Crippen LogP contribution in [0.4, 0.5) is 5.69 Å². The van der Waals surface area contributed by atoms with E-state index in [0.717, 1.165) is 4.31 Å². The van der Waals surface area contributed by atoms with Crippen LogP contribution in [0.25, 0.3) is 0 Å². The Morgan fingerprint density at radius 1 is 1.03 bits per heavy atom. The average molecular weight is 542 g/mol. The molecule has 1 unspecified atom stereocenters. The van der Waals surface area contributed by atoms with Crippen LogP contribution in [0.1, 0.15) is 6.42 Å². The van der Waals surface area contributed by atoms with Crippen LogP contribution in [0.2, 0.25) is 0 Å². The van der Waals surface area contributed by atoms with Crippen LogP contribution in [-0.4, -0.2) is 76.6 Å². The van der Waals surface area contributed by atoms with E-state index in [4.69, 9.17) is 19.3 Å². The zero-order chi connectivity index (χ0) is 26.1. The molecule has 15 heteroatoms. The number of esters is 1. The molecule has 13 nitrogen and oxygen atoms in total. The molecule has 2 atom stereocenters. The first-order valence-electron chi connectivity index (χ1n) is 10.6. The lowest BCUT2D eigenvalue weighted by Crippen LogP contribution is -2.42. The molecular weight excluding hydrogens is 518 g/mol. The maximum Gasteiger partial charge on any atom is 0.325 e. The van der Waals surface area contributed by atoms with Crippen molar-refractivity contribution in [3.05, 3.63) is 42.5 Å². The molecular formula is C21H23N3O10S2. The Balaban J connectivity index is 1.41. The Labute approximate surface area is 206 Å². The summed E-state index contributed by atoms with van der Waals surface area (Å²) >= 11 is 0. The van der Waals surface area contributed by atoms with Crippen LogP contribution < -0.4 is 19.9 Å². The quantitative estimate of drug-likeness (QED) is 0.382. The van der Waals surface area contributed by atoms with Crippen molar-refractivity contribution in [1.29, 1.82) is 0 Å². The Morgan fingerprint density at radius 3 is 2.33 bits per heavy atom. The van der Waals surface area contributed by atoms with Gasteiger partial charge in [0.1, 0.15) is 19.3 Å². The lowest BCUT2D eigenvalue weighted by Gasteiger charge is -2.24. The average Bonchev–Trinajstić information content (AvgIpc) is 3.24. The van der Waals surface area contributed by atoms with Gasteiger partial charge >= 0.3 is 5.97 Å². The maximum absolute atomic E-state index is 13.2. The fourth-order valence-corrected chi connectivity index (χ4v) is 5.90. The molecule has 0 aromatic heterocycles. The largest absolute Gasteiger partial charge is 0.486 e. The number of benzene rings is 2. The highest BCUT2D eigenvalue weighted by Crippen LogP contribution is 2.35. The van der Waals surface area contributed by atoms with E-state index in [0.29, 0.717) is 12.4 Å². The lowest BCUT2D eigenvalue weighted by molar-refractivity contribution is -0.150. The fraction of sp³-hybridized carbons (Fsp3) is 0.333. The molecule has 0 spiro atoms. The highest BCUT2D eigenvalue weighted by Gasteiger charge is 2.44. The van der Waals surface area contributed by atoms with Crippen LogP contribution in [0.5, 0.6) is 11.5 Å². The number of aliphatic hydroxyl groups is 1. The fourth-order valence-electron chi connectivity index (χ4n) is 3.74. The van der Waals surface area contributed by atoms with Gasteiger partial charge in [0, 0.05) is 24.7 Å². The third-order valence-electron chi connectivity index (χ3n) is 5.44. The van der Waals surface area contributed by atoms with Crippen molar-refractivity contribution in [3.8, 4) is 11.5 Å². The third kappa shape index (κ3) is 5.60. The van der Waals surface area contributed by atoms with E-state index in [9.17, 15) is 31.5 Å². The minimum absolute atomic E-state index is 0.147. The molecule has 2 aliphatic heterocycles. The number of anilines is 1. The Bertz CT molecular complexity index is 1380. The van der Waals surface area contributed by atoms with E-state index in [1.807, 2.05) is 0 Å². The number of rotatable bonds is 7. The normalized spacial score (nSPS) is 20.1. The third-order valence-corrected chi connectivity index (χ3v) is 8.24. The van der Waals surface area contributed by atoms with Gasteiger partial charge < -0.3 is 24.6 Å². The molecule has 0 saturated carbocycles. The van der Waals surface area contributed by atoms with Crippen LogP contribution in [0, 0.1) is 0 Å². The molecule has 1 saturated heterocycles. The highest BCUT2D eigenvalue weighted by atomic mass is 32.2. The number of fused-ring (bicyclic) bond motifs is 1. The van der Waals surface area contributed by atoms with E-state index in [2.05, 4.69) is 5.32 Å². The smallest absolute Gasteiger partial charge is 0.325 e. The predicted octanol–water partition coefficient (Wildman–Crippen LogP) is -0.589. The van der Waals surface area contributed by atoms with Gasteiger partial charge in [0.2, 0.25) is 20.0 Å². The van der Waals surface area contributed by atoms with Crippen molar-refractivity contribution in [1.82, 2.24) is 4.31 Å². The molecule has 0 radical (unpaired) electrons. The van der Waals surface area contributed by atoms with Gasteiger partial charge in [-0.3, -0.25) is 9.59 Å². The molecule has 36 heavy (non-hydrogen) atoms. The first-order chi connectivity index (χ1) is 16.9. The number of hydrogen-bond acceptors (Lipinski definition) is 10. The molecule has 2 aromatic carbocycles. The number of β-amino-alcohol motifs (C(OH)–C–C–N with tert-alkyl or cyclic N) is 1. The van der Waals surface area contributed by atoms with Gasteiger partial charge in [-0.2, -0.15) is 4.31 Å². The first-order valence-corrected chi connectivity index (χ1v) is 13.6. The second-order valence-electron chi connectivity index (χ2n) is 8.01. The van der Waals surface area contributed by atoms with Crippen molar-refractivity contribution in [3.63, 3.8) is 0 Å². The Kier molecular flexibility index (Phi) is 7.19. The topological polar surface area (TPSA) is 192 Å². The van der Waals surface area contributed by atoms with Gasteiger partial charge in [0.15, 0.2) is 18.1 Å². The molecule has 0 bridgehead atoms. The number of carbonyl (C=O) groups excluding carboxylic acids is 2. The zero-order valence-corrected chi connectivity index (χ0v) is 20.3. The number of carbonyl (C=O) groups is 2. The number of hydrogen-bond donors (Lipinski definition) is 3. The van der Waals surface area contributed by atoms with Gasteiger partial charge in [-0.1, -0.05) is 0 Å². The molecule has 194 valence electrons. The molecule has 2 aromatic rings. The van der Waals surface area contributed by atoms with Crippen LogP contribution in [0.15, 0.2) is 52.3 Å². The van der Waals surface area contributed by atoms with Gasteiger partial charge in [-0.05, 0) is 36.4 Å². The number of amides is 1. The van der Waals surface area contributed by atoms with E-state index < -0.39 is 50.7 Å². The Morgan fingerprint density at radius 2 is 1.67 bits per heavy atom. The summed E-state index contributed by atoms with van der Waals surface area (Å²) in [5, 5.41) is 17.5. The number of ether oxygens (including phenoxy) is 3. The molecule has 4 rings (SSSR count).